The molecule has 1 unspecified atom stereocenters. The van der Waals surface area contributed by atoms with Gasteiger partial charge in [0.05, 0.1) is 0 Å². The molecule has 30 heavy (non-hydrogen) atoms. The van der Waals surface area contributed by atoms with E-state index < -0.39 is 5.66 Å². The average Bonchev–Trinajstić information content (AvgIpc) is 2.95. The van der Waals surface area contributed by atoms with Crippen molar-refractivity contribution in [2.24, 2.45) is 11.6 Å². The molecule has 3 nitrogen and oxygen atoms in total. The van der Waals surface area contributed by atoms with Crippen LogP contribution in [-0.4, -0.2) is 0 Å². The Balaban J connectivity index is 1.82. The Kier molecular flexibility index (Phi) is 4.70. The van der Waals surface area contributed by atoms with E-state index in [9.17, 15) is 0 Å². The highest BCUT2D eigenvalue weighted by Crippen LogP contribution is 2.47. The minimum absolute atomic E-state index is 0.0409. The van der Waals surface area contributed by atoms with Gasteiger partial charge in [-0.3, -0.25) is 5.84 Å². The molecule has 0 saturated carbocycles. The zero-order valence-corrected chi connectivity index (χ0v) is 18.9. The van der Waals surface area contributed by atoms with Gasteiger partial charge in [-0.15, -0.1) is 0 Å². The van der Waals surface area contributed by atoms with Crippen molar-refractivity contribution in [1.29, 1.82) is 0 Å². The molecule has 1 aliphatic rings. The predicted molar refractivity (Wildman–Crippen MR) is 127 cm³/mol. The third kappa shape index (κ3) is 3.27. The van der Waals surface area contributed by atoms with Crippen LogP contribution in [0.3, 0.4) is 0 Å². The smallest absolute Gasteiger partial charge is 0.132 e. The lowest BCUT2D eigenvalue weighted by molar-refractivity contribution is 0.436. The maximum Gasteiger partial charge on any atom is 0.132 e. The molecule has 0 radical (unpaired) electrons. The zero-order chi connectivity index (χ0) is 21.9. The van der Waals surface area contributed by atoms with E-state index >= 15 is 0 Å². The van der Waals surface area contributed by atoms with Crippen LogP contribution in [0, 0.1) is 0 Å². The lowest BCUT2D eigenvalue weighted by Gasteiger charge is -2.28. The molecule has 1 aliphatic carbocycles. The number of rotatable bonds is 2. The molecule has 0 aromatic heterocycles. The standard InChI is InChI=1S/C27H33N3/c1-25(2,3)19-10-7-17(8-11-19)18-9-13-21-22-14-12-20(26(4,5)6)16-24(22)27(28,30-29)23(21)15-18/h7-16,30H,28-29H2,1-6H3. The third-order valence-electron chi connectivity index (χ3n) is 6.36. The van der Waals surface area contributed by atoms with Crippen LogP contribution in [0.1, 0.15) is 63.8 Å². The number of fused-ring (bicyclic) bond motifs is 3. The Morgan fingerprint density at radius 1 is 0.633 bits per heavy atom. The summed E-state index contributed by atoms with van der Waals surface area (Å²) in [5, 5.41) is 0. The second-order valence-electron chi connectivity index (χ2n) is 10.6. The molecule has 0 bridgehead atoms. The SMILES string of the molecule is CC(C)(C)c1ccc(-c2ccc3c(c2)C(N)(NN)c2cc(C(C)(C)C)ccc2-3)cc1. The van der Waals surface area contributed by atoms with Crippen molar-refractivity contribution in [1.82, 2.24) is 5.43 Å². The Bertz CT molecular complexity index is 1100. The Morgan fingerprint density at radius 3 is 1.63 bits per heavy atom. The first-order valence-corrected chi connectivity index (χ1v) is 10.6. The van der Waals surface area contributed by atoms with Gasteiger partial charge in [-0.25, -0.2) is 5.43 Å². The summed E-state index contributed by atoms with van der Waals surface area (Å²) < 4.78 is 0. The summed E-state index contributed by atoms with van der Waals surface area (Å²) in [4.78, 5) is 0. The molecule has 3 heteroatoms. The summed E-state index contributed by atoms with van der Waals surface area (Å²) in [6.45, 7) is 13.3. The fourth-order valence-electron chi connectivity index (χ4n) is 4.32. The summed E-state index contributed by atoms with van der Waals surface area (Å²) in [7, 11) is 0. The molecule has 5 N–H and O–H groups in total. The van der Waals surface area contributed by atoms with E-state index in [0.29, 0.717) is 0 Å². The van der Waals surface area contributed by atoms with Gasteiger partial charge in [-0.1, -0.05) is 96.1 Å². The molecule has 3 aromatic rings. The molecule has 0 saturated heterocycles. The van der Waals surface area contributed by atoms with Crippen LogP contribution in [0.5, 0.6) is 0 Å². The van der Waals surface area contributed by atoms with Crippen LogP contribution >= 0.6 is 0 Å². The largest absolute Gasteiger partial charge is 0.305 e. The van der Waals surface area contributed by atoms with Crippen molar-refractivity contribution in [2.75, 3.05) is 0 Å². The third-order valence-corrected chi connectivity index (χ3v) is 6.36. The van der Waals surface area contributed by atoms with Crippen molar-refractivity contribution >= 4 is 0 Å². The van der Waals surface area contributed by atoms with E-state index in [1.54, 1.807) is 0 Å². The van der Waals surface area contributed by atoms with E-state index in [4.69, 9.17) is 11.6 Å². The highest BCUT2D eigenvalue weighted by Gasteiger charge is 2.40. The van der Waals surface area contributed by atoms with Gasteiger partial charge in [0, 0.05) is 11.1 Å². The van der Waals surface area contributed by atoms with Gasteiger partial charge in [-0.05, 0) is 50.3 Å². The van der Waals surface area contributed by atoms with Gasteiger partial charge in [0.15, 0.2) is 0 Å². The van der Waals surface area contributed by atoms with Crippen LogP contribution in [-0.2, 0) is 16.5 Å². The fraction of sp³-hybridized carbons (Fsp3) is 0.333. The highest BCUT2D eigenvalue weighted by atomic mass is 15.3. The average molecular weight is 400 g/mol. The van der Waals surface area contributed by atoms with Crippen LogP contribution < -0.4 is 17.0 Å². The monoisotopic (exact) mass is 399 g/mol. The summed E-state index contributed by atoms with van der Waals surface area (Å²) in [5.74, 6) is 6.04. The zero-order valence-electron chi connectivity index (χ0n) is 18.9. The minimum atomic E-state index is -0.909. The van der Waals surface area contributed by atoms with Crippen molar-refractivity contribution < 1.29 is 0 Å². The number of benzene rings is 3. The maximum atomic E-state index is 6.89. The second-order valence-corrected chi connectivity index (χ2v) is 10.6. The molecule has 4 rings (SSSR count). The van der Waals surface area contributed by atoms with Gasteiger partial charge < -0.3 is 5.73 Å². The molecule has 0 aliphatic heterocycles. The molecule has 1 atom stereocenters. The van der Waals surface area contributed by atoms with E-state index in [0.717, 1.165) is 27.8 Å². The topological polar surface area (TPSA) is 64.1 Å². The highest BCUT2D eigenvalue weighted by molar-refractivity contribution is 5.83. The Hall–Kier alpha value is -2.46. The number of nitrogens with one attached hydrogen (secondary N) is 1. The summed E-state index contributed by atoms with van der Waals surface area (Å²) in [6.07, 6.45) is 0. The Labute approximate surface area is 180 Å². The summed E-state index contributed by atoms with van der Waals surface area (Å²) in [5.41, 5.74) is 18.3. The molecule has 156 valence electrons. The van der Waals surface area contributed by atoms with Crippen LogP contribution in [0.25, 0.3) is 22.3 Å². The van der Waals surface area contributed by atoms with Crippen LogP contribution in [0.4, 0.5) is 0 Å². The maximum absolute atomic E-state index is 6.89. The van der Waals surface area contributed by atoms with E-state index in [1.807, 2.05) is 0 Å². The lowest BCUT2D eigenvalue weighted by Crippen LogP contribution is -2.53. The molecule has 0 heterocycles. The quantitative estimate of drug-likeness (QED) is 0.301. The van der Waals surface area contributed by atoms with Crippen LogP contribution in [0.2, 0.25) is 0 Å². The first-order chi connectivity index (χ1) is 13.9. The van der Waals surface area contributed by atoms with Gasteiger partial charge >= 0.3 is 0 Å². The van der Waals surface area contributed by atoms with Gasteiger partial charge in [-0.2, -0.15) is 0 Å². The molecular weight excluding hydrogens is 366 g/mol. The van der Waals surface area contributed by atoms with Gasteiger partial charge in [0.2, 0.25) is 0 Å². The van der Waals surface area contributed by atoms with Gasteiger partial charge in [0.25, 0.3) is 0 Å². The molecule has 0 spiro atoms. The van der Waals surface area contributed by atoms with Gasteiger partial charge in [0.1, 0.15) is 5.66 Å². The van der Waals surface area contributed by atoms with Crippen molar-refractivity contribution in [3.63, 3.8) is 0 Å². The van der Waals surface area contributed by atoms with E-state index in [-0.39, 0.29) is 10.8 Å². The number of hydrazine groups is 1. The second kappa shape index (κ2) is 6.78. The van der Waals surface area contributed by atoms with Crippen LogP contribution in [0.15, 0.2) is 60.7 Å². The first kappa shape index (κ1) is 20.8. The van der Waals surface area contributed by atoms with E-state index in [2.05, 4.69) is 108 Å². The number of hydrogen-bond donors (Lipinski definition) is 3. The predicted octanol–water partition coefficient (Wildman–Crippen LogP) is 5.55. The molecule has 3 aromatic carbocycles. The molecule has 0 fully saturated rings. The normalized spacial score (nSPS) is 18.3. The first-order valence-electron chi connectivity index (χ1n) is 10.6. The number of nitrogens with two attached hydrogens (primary N) is 2. The summed E-state index contributed by atoms with van der Waals surface area (Å²) in [6, 6.07) is 21.9. The minimum Gasteiger partial charge on any atom is -0.305 e. The molecule has 0 amide bonds. The Morgan fingerprint density at radius 2 is 1.10 bits per heavy atom. The van der Waals surface area contributed by atoms with Crippen molar-refractivity contribution in [2.45, 2.75) is 58.0 Å². The fourth-order valence-corrected chi connectivity index (χ4v) is 4.32. The number of hydrogen-bond acceptors (Lipinski definition) is 3. The molecular formula is C27H33N3. The summed E-state index contributed by atoms with van der Waals surface area (Å²) >= 11 is 0. The lowest BCUT2D eigenvalue weighted by atomic mass is 9.84. The van der Waals surface area contributed by atoms with Crippen molar-refractivity contribution in [3.05, 3.63) is 82.9 Å². The van der Waals surface area contributed by atoms with E-state index in [1.165, 1.54) is 16.7 Å². The van der Waals surface area contributed by atoms with Crippen molar-refractivity contribution in [3.8, 4) is 22.3 Å².